The van der Waals surface area contributed by atoms with Crippen LogP contribution in [0.5, 0.6) is 0 Å². The van der Waals surface area contributed by atoms with Crippen molar-refractivity contribution in [3.05, 3.63) is 30.1 Å². The van der Waals surface area contributed by atoms with Gasteiger partial charge in [-0.25, -0.2) is 4.98 Å². The molecule has 1 N–H and O–H groups in total. The Balaban J connectivity index is 2.14. The smallest absolute Gasteiger partial charge is 0.117 e. The Hall–Kier alpha value is -1.39. The molecule has 0 amide bonds. The normalized spacial score (nSPS) is 23.6. The lowest BCUT2D eigenvalue weighted by Gasteiger charge is -2.20. The Morgan fingerprint density at radius 1 is 1.32 bits per heavy atom. The predicted octanol–water partition coefficient (Wildman–Crippen LogP) is 2.32. The third-order valence-corrected chi connectivity index (χ3v) is 3.92. The van der Waals surface area contributed by atoms with E-state index in [1.807, 2.05) is 13.1 Å². The number of rotatable bonds is 3. The molecule has 1 aliphatic heterocycles. The summed E-state index contributed by atoms with van der Waals surface area (Å²) in [6.45, 7) is 5.94. The summed E-state index contributed by atoms with van der Waals surface area (Å²) in [5.41, 5.74) is 2.29. The van der Waals surface area contributed by atoms with Crippen molar-refractivity contribution in [3.63, 3.8) is 0 Å². The van der Waals surface area contributed by atoms with Crippen LogP contribution in [-0.2, 0) is 4.74 Å². The fourth-order valence-electron chi connectivity index (χ4n) is 2.96. The quantitative estimate of drug-likeness (QED) is 0.919. The van der Waals surface area contributed by atoms with Gasteiger partial charge in [0.05, 0.1) is 30.2 Å². The van der Waals surface area contributed by atoms with Gasteiger partial charge in [-0.2, -0.15) is 0 Å². The molecule has 0 bridgehead atoms. The fourth-order valence-corrected chi connectivity index (χ4v) is 2.96. The zero-order valence-electron chi connectivity index (χ0n) is 11.8. The molecule has 4 heteroatoms. The average molecular weight is 259 g/mol. The highest BCUT2D eigenvalue weighted by Gasteiger charge is 2.33. The van der Waals surface area contributed by atoms with Gasteiger partial charge in [0, 0.05) is 12.1 Å². The number of benzene rings is 1. The molecule has 2 unspecified atom stereocenters. The number of hydrogen-bond donors (Lipinski definition) is 1. The molecule has 3 rings (SSSR count). The summed E-state index contributed by atoms with van der Waals surface area (Å²) in [5.74, 6) is 1.48. The molecular formula is C15H21N3O. The maximum Gasteiger partial charge on any atom is 0.117 e. The van der Waals surface area contributed by atoms with Gasteiger partial charge in [0.2, 0.25) is 0 Å². The lowest BCUT2D eigenvalue weighted by atomic mass is 10.0. The van der Waals surface area contributed by atoms with Gasteiger partial charge in [0.15, 0.2) is 0 Å². The molecule has 0 aliphatic carbocycles. The third kappa shape index (κ3) is 2.05. The molecule has 1 saturated heterocycles. The van der Waals surface area contributed by atoms with Gasteiger partial charge in [0.1, 0.15) is 5.82 Å². The van der Waals surface area contributed by atoms with E-state index in [1.165, 1.54) is 5.52 Å². The maximum absolute atomic E-state index is 5.63. The van der Waals surface area contributed by atoms with Crippen LogP contribution in [0.1, 0.15) is 31.6 Å². The Morgan fingerprint density at radius 3 is 2.84 bits per heavy atom. The molecule has 4 nitrogen and oxygen atoms in total. The zero-order valence-corrected chi connectivity index (χ0v) is 11.8. The van der Waals surface area contributed by atoms with E-state index in [9.17, 15) is 0 Å². The first kappa shape index (κ1) is 12.6. The number of imidazole rings is 1. The Labute approximate surface area is 113 Å². The second kappa shape index (κ2) is 4.94. The maximum atomic E-state index is 5.63. The number of ether oxygens (including phenoxy) is 1. The first-order chi connectivity index (χ1) is 9.22. The van der Waals surface area contributed by atoms with Crippen molar-refractivity contribution in [2.45, 2.75) is 31.8 Å². The van der Waals surface area contributed by atoms with Crippen LogP contribution in [0, 0.1) is 0 Å². The van der Waals surface area contributed by atoms with E-state index in [1.54, 1.807) is 0 Å². The lowest BCUT2D eigenvalue weighted by Crippen LogP contribution is -2.32. The molecule has 1 aliphatic rings. The van der Waals surface area contributed by atoms with Crippen LogP contribution < -0.4 is 5.32 Å². The Kier molecular flexibility index (Phi) is 3.29. The molecule has 2 aromatic rings. The van der Waals surface area contributed by atoms with Gasteiger partial charge in [-0.05, 0) is 33.0 Å². The van der Waals surface area contributed by atoms with Crippen molar-refractivity contribution in [2.75, 3.05) is 20.3 Å². The second-order valence-electron chi connectivity index (χ2n) is 5.46. The molecule has 2 heterocycles. The summed E-state index contributed by atoms with van der Waals surface area (Å²) < 4.78 is 7.98. The van der Waals surface area contributed by atoms with Crippen molar-refractivity contribution < 1.29 is 4.74 Å². The van der Waals surface area contributed by atoms with Gasteiger partial charge in [0.25, 0.3) is 0 Å². The highest BCUT2D eigenvalue weighted by atomic mass is 16.5. The number of para-hydroxylation sites is 2. The van der Waals surface area contributed by atoms with Gasteiger partial charge in [-0.3, -0.25) is 0 Å². The number of nitrogens with zero attached hydrogens (tertiary/aromatic N) is 2. The minimum atomic E-state index is 0.333. The van der Waals surface area contributed by atoms with E-state index in [0.717, 1.165) is 24.6 Å². The van der Waals surface area contributed by atoms with Gasteiger partial charge >= 0.3 is 0 Å². The molecular weight excluding hydrogens is 238 g/mol. The number of nitrogens with one attached hydrogen (secondary N) is 1. The summed E-state index contributed by atoms with van der Waals surface area (Å²) in [5, 5.41) is 3.34. The monoisotopic (exact) mass is 259 g/mol. The molecule has 0 spiro atoms. The van der Waals surface area contributed by atoms with E-state index in [4.69, 9.17) is 9.72 Å². The summed E-state index contributed by atoms with van der Waals surface area (Å²) in [7, 11) is 1.99. The largest absolute Gasteiger partial charge is 0.379 e. The number of fused-ring (bicyclic) bond motifs is 1. The van der Waals surface area contributed by atoms with Crippen molar-refractivity contribution in [3.8, 4) is 0 Å². The molecule has 1 aromatic carbocycles. The van der Waals surface area contributed by atoms with Crippen LogP contribution in [0.4, 0.5) is 0 Å². The van der Waals surface area contributed by atoms with Crippen molar-refractivity contribution >= 4 is 11.0 Å². The summed E-state index contributed by atoms with van der Waals surface area (Å²) in [6, 6.07) is 9.12. The molecule has 2 atom stereocenters. The number of likely N-dealkylation sites (N-methyl/N-ethyl adjacent to an activating group) is 1. The van der Waals surface area contributed by atoms with Gasteiger partial charge in [-0.15, -0.1) is 0 Å². The topological polar surface area (TPSA) is 39.1 Å². The first-order valence-corrected chi connectivity index (χ1v) is 6.94. The average Bonchev–Trinajstić information content (AvgIpc) is 3.01. The minimum absolute atomic E-state index is 0.333. The highest BCUT2D eigenvalue weighted by Crippen LogP contribution is 2.30. The van der Waals surface area contributed by atoms with Crippen LogP contribution in [0.25, 0.3) is 11.0 Å². The molecule has 1 fully saturated rings. The van der Waals surface area contributed by atoms with Crippen LogP contribution in [-0.4, -0.2) is 35.9 Å². The van der Waals surface area contributed by atoms with E-state index >= 15 is 0 Å². The van der Waals surface area contributed by atoms with Gasteiger partial charge < -0.3 is 14.6 Å². The van der Waals surface area contributed by atoms with Crippen molar-refractivity contribution in [2.24, 2.45) is 0 Å². The van der Waals surface area contributed by atoms with Gasteiger partial charge in [-0.1, -0.05) is 12.1 Å². The molecule has 102 valence electrons. The summed E-state index contributed by atoms with van der Waals surface area (Å²) in [4.78, 5) is 4.86. The molecule has 19 heavy (non-hydrogen) atoms. The van der Waals surface area contributed by atoms with E-state index in [-0.39, 0.29) is 0 Å². The number of aromatic nitrogens is 2. The molecule has 1 aromatic heterocycles. The zero-order chi connectivity index (χ0) is 13.4. The summed E-state index contributed by atoms with van der Waals surface area (Å²) >= 11 is 0. The Morgan fingerprint density at radius 2 is 2.11 bits per heavy atom. The highest BCUT2D eigenvalue weighted by molar-refractivity contribution is 5.76. The van der Waals surface area contributed by atoms with Crippen LogP contribution >= 0.6 is 0 Å². The van der Waals surface area contributed by atoms with E-state index < -0.39 is 0 Å². The van der Waals surface area contributed by atoms with Crippen molar-refractivity contribution in [1.82, 2.24) is 14.9 Å². The minimum Gasteiger partial charge on any atom is -0.379 e. The third-order valence-electron chi connectivity index (χ3n) is 3.92. The summed E-state index contributed by atoms with van der Waals surface area (Å²) in [6.07, 6.45) is 0. The molecule has 0 saturated carbocycles. The van der Waals surface area contributed by atoms with Crippen LogP contribution in [0.2, 0.25) is 0 Å². The van der Waals surface area contributed by atoms with Crippen LogP contribution in [0.3, 0.4) is 0 Å². The SMILES string of the molecule is CNC1COCC1c1nc2ccccc2n1C(C)C. The first-order valence-electron chi connectivity index (χ1n) is 6.94. The van der Waals surface area contributed by atoms with E-state index in [0.29, 0.717) is 18.0 Å². The second-order valence-corrected chi connectivity index (χ2v) is 5.46. The van der Waals surface area contributed by atoms with E-state index in [2.05, 4.69) is 41.9 Å². The molecule has 0 radical (unpaired) electrons. The lowest BCUT2D eigenvalue weighted by molar-refractivity contribution is 0.187. The fraction of sp³-hybridized carbons (Fsp3) is 0.533. The van der Waals surface area contributed by atoms with Crippen molar-refractivity contribution in [1.29, 1.82) is 0 Å². The Bertz CT molecular complexity index is 576. The standard InChI is InChI=1S/C15H21N3O/c1-10(2)18-14-7-5-4-6-12(14)17-15(18)11-8-19-9-13(11)16-3/h4-7,10-11,13,16H,8-9H2,1-3H3. The number of hydrogen-bond acceptors (Lipinski definition) is 3. The van der Waals surface area contributed by atoms with Crippen LogP contribution in [0.15, 0.2) is 24.3 Å². The predicted molar refractivity (Wildman–Crippen MR) is 76.5 cm³/mol.